The van der Waals surface area contributed by atoms with Gasteiger partial charge in [0.15, 0.2) is 0 Å². The van der Waals surface area contributed by atoms with Crippen LogP contribution in [0.1, 0.15) is 77.0 Å². The lowest BCUT2D eigenvalue weighted by molar-refractivity contribution is -0.122. The van der Waals surface area contributed by atoms with E-state index in [9.17, 15) is 9.59 Å². The van der Waals surface area contributed by atoms with Gasteiger partial charge in [0, 0.05) is 23.1 Å². The number of thioether (sulfide) groups is 1. The average molecular weight is 475 g/mol. The highest BCUT2D eigenvalue weighted by molar-refractivity contribution is 8.00. The van der Waals surface area contributed by atoms with Gasteiger partial charge >= 0.3 is 0 Å². The third kappa shape index (κ3) is 5.26. The van der Waals surface area contributed by atoms with E-state index >= 15 is 4.39 Å². The van der Waals surface area contributed by atoms with Crippen LogP contribution in [0.4, 0.5) is 10.2 Å². The van der Waals surface area contributed by atoms with Gasteiger partial charge in [0.05, 0.1) is 22.2 Å². The third-order valence-corrected chi connectivity index (χ3v) is 6.73. The Bertz CT molecular complexity index is 1040. The van der Waals surface area contributed by atoms with Gasteiger partial charge in [-0.25, -0.2) is 9.07 Å². The Labute approximate surface area is 200 Å². The van der Waals surface area contributed by atoms with Crippen LogP contribution < -0.4 is 10.2 Å². The van der Waals surface area contributed by atoms with Gasteiger partial charge in [0.25, 0.3) is 0 Å². The molecule has 2 amide bonds. The van der Waals surface area contributed by atoms with E-state index in [4.69, 9.17) is 5.10 Å². The summed E-state index contributed by atoms with van der Waals surface area (Å²) in [6, 6.07) is 6.70. The van der Waals surface area contributed by atoms with E-state index in [1.54, 1.807) is 17.0 Å². The quantitative estimate of drug-likeness (QED) is 0.678. The van der Waals surface area contributed by atoms with Gasteiger partial charge in [-0.05, 0) is 33.3 Å². The molecule has 2 aromatic rings. The van der Waals surface area contributed by atoms with E-state index in [1.807, 2.05) is 38.4 Å². The first-order chi connectivity index (χ1) is 15.4. The summed E-state index contributed by atoms with van der Waals surface area (Å²) in [5, 5.41) is 7.44. The van der Waals surface area contributed by atoms with Crippen molar-refractivity contribution in [2.24, 2.45) is 0 Å². The molecule has 1 atom stereocenters. The molecular formula is C25H35FN4O2S. The number of rotatable bonds is 5. The molecule has 0 saturated carbocycles. The number of carbonyl (C=O) groups excluding carboxylic acids is 2. The summed E-state index contributed by atoms with van der Waals surface area (Å²) in [4.78, 5) is 27.6. The van der Waals surface area contributed by atoms with Crippen molar-refractivity contribution in [3.05, 3.63) is 46.9 Å². The molecule has 1 aromatic carbocycles. The molecule has 1 aromatic heterocycles. The number of nitrogens with one attached hydrogen (secondary N) is 1. The molecule has 0 radical (unpaired) electrons. The summed E-state index contributed by atoms with van der Waals surface area (Å²) in [7, 11) is 0. The van der Waals surface area contributed by atoms with Crippen LogP contribution in [-0.4, -0.2) is 40.4 Å². The Kier molecular flexibility index (Phi) is 7.27. The Morgan fingerprint density at radius 2 is 1.88 bits per heavy atom. The number of carbonyl (C=O) groups is 2. The molecule has 1 aliphatic rings. The number of aromatic nitrogens is 2. The van der Waals surface area contributed by atoms with Crippen molar-refractivity contribution >= 4 is 29.4 Å². The summed E-state index contributed by atoms with van der Waals surface area (Å²) in [6.45, 7) is 14.7. The molecule has 0 aliphatic carbocycles. The van der Waals surface area contributed by atoms with E-state index in [2.05, 4.69) is 26.1 Å². The first-order valence-corrected chi connectivity index (χ1v) is 12.5. The fourth-order valence-electron chi connectivity index (χ4n) is 3.94. The van der Waals surface area contributed by atoms with Gasteiger partial charge in [-0.1, -0.05) is 45.9 Å². The number of nitrogens with zero attached hydrogens (tertiary/aromatic N) is 3. The molecule has 6 nitrogen and oxygen atoms in total. The minimum atomic E-state index is -0.458. The van der Waals surface area contributed by atoms with Crippen molar-refractivity contribution in [2.75, 3.05) is 23.7 Å². The van der Waals surface area contributed by atoms with Gasteiger partial charge < -0.3 is 5.32 Å². The van der Waals surface area contributed by atoms with Crippen molar-refractivity contribution in [2.45, 2.75) is 71.1 Å². The van der Waals surface area contributed by atoms with Crippen LogP contribution in [0, 0.1) is 5.82 Å². The fourth-order valence-corrected chi connectivity index (χ4v) is 5.16. The molecule has 0 bridgehead atoms. The van der Waals surface area contributed by atoms with Gasteiger partial charge in [-0.3, -0.25) is 14.5 Å². The summed E-state index contributed by atoms with van der Waals surface area (Å²) < 4.78 is 16.9. The van der Waals surface area contributed by atoms with E-state index in [0.717, 1.165) is 17.7 Å². The van der Waals surface area contributed by atoms with E-state index in [-0.39, 0.29) is 35.3 Å². The summed E-state index contributed by atoms with van der Waals surface area (Å²) in [5.74, 6) is 0.0120. The first-order valence-electron chi connectivity index (χ1n) is 11.4. The fraction of sp³-hybridized carbons (Fsp3) is 0.560. The lowest BCUT2D eigenvalue weighted by atomic mass is 9.87. The Morgan fingerprint density at radius 3 is 2.45 bits per heavy atom. The molecule has 1 aliphatic heterocycles. The van der Waals surface area contributed by atoms with Crippen LogP contribution in [-0.2, 0) is 20.5 Å². The normalized spacial score (nSPS) is 17.0. The van der Waals surface area contributed by atoms with E-state index < -0.39 is 10.8 Å². The van der Waals surface area contributed by atoms with Gasteiger partial charge in [-0.15, -0.1) is 11.8 Å². The Balaban J connectivity index is 2.31. The topological polar surface area (TPSA) is 67.2 Å². The first kappa shape index (κ1) is 25.3. The number of amides is 2. The minimum absolute atomic E-state index is 0.0955. The summed E-state index contributed by atoms with van der Waals surface area (Å²) in [5.41, 5.74) is 1.32. The molecular weight excluding hydrogens is 439 g/mol. The second kappa shape index (κ2) is 9.49. The molecule has 0 unspecified atom stereocenters. The van der Waals surface area contributed by atoms with Gasteiger partial charge in [0.1, 0.15) is 18.2 Å². The van der Waals surface area contributed by atoms with Crippen molar-refractivity contribution in [1.29, 1.82) is 0 Å². The highest BCUT2D eigenvalue weighted by atomic mass is 32.2. The number of benzene rings is 1. The predicted molar refractivity (Wildman–Crippen MR) is 132 cm³/mol. The van der Waals surface area contributed by atoms with Crippen LogP contribution in [0.5, 0.6) is 0 Å². The Hall–Kier alpha value is -2.35. The molecule has 2 heterocycles. The van der Waals surface area contributed by atoms with E-state index in [1.165, 1.54) is 17.8 Å². The zero-order valence-electron chi connectivity index (χ0n) is 20.7. The van der Waals surface area contributed by atoms with Crippen molar-refractivity contribution in [1.82, 2.24) is 15.1 Å². The zero-order chi connectivity index (χ0) is 24.6. The Morgan fingerprint density at radius 1 is 1.21 bits per heavy atom. The molecule has 0 spiro atoms. The smallest absolute Gasteiger partial charge is 0.240 e. The SMILES string of the molecule is CCCNC(=O)CN1C(=O)CS[C@H](c2ccccc2F)c2c(C(C)(C)C)nn(C(C)(C)C)c21. The number of hydrogen-bond acceptors (Lipinski definition) is 4. The highest BCUT2D eigenvalue weighted by Crippen LogP contribution is 2.49. The highest BCUT2D eigenvalue weighted by Gasteiger charge is 2.41. The van der Waals surface area contributed by atoms with Crippen LogP contribution >= 0.6 is 11.8 Å². The van der Waals surface area contributed by atoms with Crippen LogP contribution in [0.3, 0.4) is 0 Å². The predicted octanol–water partition coefficient (Wildman–Crippen LogP) is 4.77. The van der Waals surface area contributed by atoms with Crippen molar-refractivity contribution in [3.8, 4) is 0 Å². The maximum Gasteiger partial charge on any atom is 0.240 e. The maximum absolute atomic E-state index is 15.0. The number of fused-ring (bicyclic) bond motifs is 1. The molecule has 0 saturated heterocycles. The second-order valence-corrected chi connectivity index (χ2v) is 11.6. The average Bonchev–Trinajstić information content (AvgIpc) is 3.07. The molecule has 0 fully saturated rings. The third-order valence-electron chi connectivity index (χ3n) is 5.50. The minimum Gasteiger partial charge on any atom is -0.355 e. The van der Waals surface area contributed by atoms with Crippen LogP contribution in [0.25, 0.3) is 0 Å². The second-order valence-electron chi connectivity index (χ2n) is 10.5. The number of anilines is 1. The summed E-state index contributed by atoms with van der Waals surface area (Å²) in [6.07, 6.45) is 0.810. The van der Waals surface area contributed by atoms with Crippen LogP contribution in [0.15, 0.2) is 24.3 Å². The van der Waals surface area contributed by atoms with Gasteiger partial charge in [0.2, 0.25) is 11.8 Å². The number of halogens is 1. The van der Waals surface area contributed by atoms with Crippen molar-refractivity contribution in [3.63, 3.8) is 0 Å². The standard InChI is InChI=1S/C25H35FN4O2S/c1-8-13-27-18(31)14-29-19(32)15-33-21(16-11-9-10-12-17(16)26)20-22(24(2,3)4)28-30(23(20)29)25(5,6)7/h9-12,21H,8,13-15H2,1-7H3,(H,27,31)/t21-/m1/s1. The molecule has 8 heteroatoms. The molecule has 3 rings (SSSR count). The van der Waals surface area contributed by atoms with Gasteiger partial charge in [-0.2, -0.15) is 5.10 Å². The van der Waals surface area contributed by atoms with Crippen molar-refractivity contribution < 1.29 is 14.0 Å². The monoisotopic (exact) mass is 474 g/mol. The largest absolute Gasteiger partial charge is 0.355 e. The molecule has 1 N–H and O–H groups in total. The number of hydrogen-bond donors (Lipinski definition) is 1. The molecule has 180 valence electrons. The lowest BCUT2D eigenvalue weighted by Crippen LogP contribution is -2.44. The zero-order valence-corrected chi connectivity index (χ0v) is 21.5. The lowest BCUT2D eigenvalue weighted by Gasteiger charge is -2.29. The summed E-state index contributed by atoms with van der Waals surface area (Å²) >= 11 is 1.39. The molecule has 33 heavy (non-hydrogen) atoms. The van der Waals surface area contributed by atoms with Crippen LogP contribution in [0.2, 0.25) is 0 Å². The van der Waals surface area contributed by atoms with E-state index in [0.29, 0.717) is 17.9 Å². The maximum atomic E-state index is 15.0.